The van der Waals surface area contributed by atoms with E-state index < -0.39 is 15.8 Å². The maximum atomic E-state index is 12.5. The summed E-state index contributed by atoms with van der Waals surface area (Å²) in [5.74, 6) is -0.510. The van der Waals surface area contributed by atoms with Crippen molar-refractivity contribution in [2.45, 2.75) is 11.4 Å². The first kappa shape index (κ1) is 17.2. The summed E-state index contributed by atoms with van der Waals surface area (Å²) in [5.41, 5.74) is 3.56. The first-order chi connectivity index (χ1) is 13.0. The van der Waals surface area contributed by atoms with E-state index in [1.54, 1.807) is 60.9 Å². The van der Waals surface area contributed by atoms with E-state index in [9.17, 15) is 13.2 Å². The zero-order valence-corrected chi connectivity index (χ0v) is 14.9. The highest BCUT2D eigenvalue weighted by Crippen LogP contribution is 2.24. The molecule has 0 saturated carbocycles. The molecule has 2 aromatic carbocycles. The lowest BCUT2D eigenvalue weighted by atomic mass is 10.1. The van der Waals surface area contributed by atoms with Crippen molar-refractivity contribution in [1.29, 1.82) is 0 Å². The Hall–Kier alpha value is -3.23. The van der Waals surface area contributed by atoms with Gasteiger partial charge in [-0.2, -0.15) is 0 Å². The van der Waals surface area contributed by atoms with Gasteiger partial charge in [0.15, 0.2) is 5.58 Å². The Bertz CT molecular complexity index is 1240. The molecule has 0 spiro atoms. The third kappa shape index (κ3) is 3.67. The number of nitrogens with one attached hydrogen (secondary N) is 2. The fourth-order valence-corrected chi connectivity index (χ4v) is 3.74. The summed E-state index contributed by atoms with van der Waals surface area (Å²) in [7, 11) is -3.62. The van der Waals surface area contributed by atoms with Gasteiger partial charge < -0.3 is 4.42 Å². The number of fused-ring (bicyclic) bond motifs is 1. The van der Waals surface area contributed by atoms with E-state index in [-0.39, 0.29) is 11.4 Å². The molecule has 0 atom stereocenters. The Balaban J connectivity index is 1.56. The Morgan fingerprint density at radius 1 is 0.963 bits per heavy atom. The number of sulfonamides is 1. The standard InChI is InChI=1S/C19H15N3O4S/c23-19-22-17-11-15(3-6-18(17)26-19)14-1-4-16(5-2-14)27(24,25)21-12-13-7-9-20-10-8-13/h1-11,21H,12H2,(H,22,23). The highest BCUT2D eigenvalue weighted by Gasteiger charge is 2.14. The van der Waals surface area contributed by atoms with E-state index in [1.165, 1.54) is 0 Å². The Morgan fingerprint density at radius 3 is 2.41 bits per heavy atom. The van der Waals surface area contributed by atoms with Gasteiger partial charge in [0.05, 0.1) is 10.4 Å². The molecule has 4 aromatic rings. The lowest BCUT2D eigenvalue weighted by molar-refractivity contribution is 0.555. The molecule has 0 amide bonds. The molecule has 7 nitrogen and oxygen atoms in total. The lowest BCUT2D eigenvalue weighted by Crippen LogP contribution is -2.23. The third-order valence-electron chi connectivity index (χ3n) is 4.13. The minimum atomic E-state index is -3.62. The largest absolute Gasteiger partial charge is 0.417 e. The molecule has 27 heavy (non-hydrogen) atoms. The summed E-state index contributed by atoms with van der Waals surface area (Å²) in [6.07, 6.45) is 3.23. The van der Waals surface area contributed by atoms with Crippen LogP contribution in [0.2, 0.25) is 0 Å². The zero-order valence-electron chi connectivity index (χ0n) is 14.0. The molecule has 0 aliphatic carbocycles. The van der Waals surface area contributed by atoms with Crippen LogP contribution in [0.5, 0.6) is 0 Å². The van der Waals surface area contributed by atoms with Gasteiger partial charge in [0, 0.05) is 18.9 Å². The summed E-state index contributed by atoms with van der Waals surface area (Å²) >= 11 is 0. The monoisotopic (exact) mass is 381 g/mol. The van der Waals surface area contributed by atoms with E-state index in [4.69, 9.17) is 4.42 Å². The molecule has 4 rings (SSSR count). The molecule has 0 fully saturated rings. The van der Waals surface area contributed by atoms with Crippen LogP contribution in [-0.2, 0) is 16.6 Å². The van der Waals surface area contributed by atoms with Crippen molar-refractivity contribution in [2.24, 2.45) is 0 Å². The van der Waals surface area contributed by atoms with Crippen LogP contribution in [0.25, 0.3) is 22.2 Å². The topological polar surface area (TPSA) is 105 Å². The minimum Gasteiger partial charge on any atom is -0.408 e. The number of pyridine rings is 1. The van der Waals surface area contributed by atoms with Crippen LogP contribution in [-0.4, -0.2) is 18.4 Å². The van der Waals surface area contributed by atoms with Crippen molar-refractivity contribution in [3.8, 4) is 11.1 Å². The molecular formula is C19H15N3O4S. The van der Waals surface area contributed by atoms with E-state index in [0.717, 1.165) is 16.7 Å². The van der Waals surface area contributed by atoms with E-state index >= 15 is 0 Å². The predicted molar refractivity (Wildman–Crippen MR) is 101 cm³/mol. The normalized spacial score (nSPS) is 11.7. The average molecular weight is 381 g/mol. The van der Waals surface area contributed by atoms with E-state index in [0.29, 0.717) is 11.1 Å². The molecular weight excluding hydrogens is 366 g/mol. The number of aromatic nitrogens is 2. The Morgan fingerprint density at radius 2 is 1.67 bits per heavy atom. The number of benzene rings is 2. The molecule has 0 aliphatic heterocycles. The average Bonchev–Trinajstić information content (AvgIpc) is 3.06. The number of H-pyrrole nitrogens is 1. The lowest BCUT2D eigenvalue weighted by Gasteiger charge is -2.08. The highest BCUT2D eigenvalue weighted by atomic mass is 32.2. The van der Waals surface area contributed by atoms with Crippen molar-refractivity contribution >= 4 is 21.1 Å². The first-order valence-electron chi connectivity index (χ1n) is 8.13. The van der Waals surface area contributed by atoms with E-state index in [2.05, 4.69) is 14.7 Å². The molecule has 136 valence electrons. The summed E-state index contributed by atoms with van der Waals surface area (Å²) in [6, 6.07) is 15.3. The van der Waals surface area contributed by atoms with Crippen molar-refractivity contribution in [3.63, 3.8) is 0 Å². The second kappa shape index (κ2) is 6.82. The van der Waals surface area contributed by atoms with Crippen LogP contribution in [0.15, 0.2) is 81.1 Å². The van der Waals surface area contributed by atoms with Gasteiger partial charge in [-0.05, 0) is 53.1 Å². The summed E-state index contributed by atoms with van der Waals surface area (Å²) < 4.78 is 32.5. The SMILES string of the molecule is O=c1[nH]c2cc(-c3ccc(S(=O)(=O)NCc4ccncc4)cc3)ccc2o1. The number of nitrogens with zero attached hydrogens (tertiary/aromatic N) is 1. The molecule has 2 heterocycles. The number of hydrogen-bond acceptors (Lipinski definition) is 5. The molecule has 2 N–H and O–H groups in total. The van der Waals surface area contributed by atoms with Crippen molar-refractivity contribution in [3.05, 3.63) is 83.1 Å². The van der Waals surface area contributed by atoms with Gasteiger partial charge in [-0.3, -0.25) is 9.97 Å². The zero-order chi connectivity index (χ0) is 18.9. The number of aromatic amines is 1. The maximum absolute atomic E-state index is 12.5. The molecule has 0 aliphatic rings. The van der Waals surface area contributed by atoms with Gasteiger partial charge in [0.2, 0.25) is 10.0 Å². The second-order valence-corrected chi connectivity index (χ2v) is 7.70. The minimum absolute atomic E-state index is 0.179. The van der Waals surface area contributed by atoms with Crippen molar-refractivity contribution in [1.82, 2.24) is 14.7 Å². The van der Waals surface area contributed by atoms with Gasteiger partial charge in [0.1, 0.15) is 0 Å². The number of hydrogen-bond donors (Lipinski definition) is 2. The molecule has 0 radical (unpaired) electrons. The predicted octanol–water partition coefficient (Wildman–Crippen LogP) is 2.66. The van der Waals surface area contributed by atoms with Crippen molar-refractivity contribution in [2.75, 3.05) is 0 Å². The fourth-order valence-electron chi connectivity index (χ4n) is 2.72. The summed E-state index contributed by atoms with van der Waals surface area (Å²) in [5, 5.41) is 0. The van der Waals surface area contributed by atoms with Gasteiger partial charge in [-0.15, -0.1) is 0 Å². The summed E-state index contributed by atoms with van der Waals surface area (Å²) in [4.78, 5) is 17.9. The van der Waals surface area contributed by atoms with Gasteiger partial charge in [-0.25, -0.2) is 17.9 Å². The van der Waals surface area contributed by atoms with Crippen LogP contribution < -0.4 is 10.5 Å². The van der Waals surface area contributed by atoms with Crippen LogP contribution in [0.1, 0.15) is 5.56 Å². The van der Waals surface area contributed by atoms with E-state index in [1.807, 2.05) is 6.07 Å². The quantitative estimate of drug-likeness (QED) is 0.553. The van der Waals surface area contributed by atoms with Gasteiger partial charge in [-0.1, -0.05) is 18.2 Å². The van der Waals surface area contributed by atoms with Crippen LogP contribution in [0.4, 0.5) is 0 Å². The maximum Gasteiger partial charge on any atom is 0.417 e. The number of rotatable bonds is 5. The molecule has 0 unspecified atom stereocenters. The summed E-state index contributed by atoms with van der Waals surface area (Å²) in [6.45, 7) is 0.192. The first-order valence-corrected chi connectivity index (χ1v) is 9.61. The smallest absolute Gasteiger partial charge is 0.408 e. The number of oxazole rings is 1. The molecule has 8 heteroatoms. The second-order valence-electron chi connectivity index (χ2n) is 5.93. The Kier molecular flexibility index (Phi) is 4.35. The van der Waals surface area contributed by atoms with Gasteiger partial charge >= 0.3 is 5.76 Å². The van der Waals surface area contributed by atoms with Crippen LogP contribution in [0, 0.1) is 0 Å². The Labute approximate surface area is 154 Å². The third-order valence-corrected chi connectivity index (χ3v) is 5.55. The molecule has 2 aromatic heterocycles. The van der Waals surface area contributed by atoms with Crippen LogP contribution >= 0.6 is 0 Å². The highest BCUT2D eigenvalue weighted by molar-refractivity contribution is 7.89. The fraction of sp³-hybridized carbons (Fsp3) is 0.0526. The van der Waals surface area contributed by atoms with Crippen molar-refractivity contribution < 1.29 is 12.8 Å². The van der Waals surface area contributed by atoms with Crippen LogP contribution in [0.3, 0.4) is 0 Å². The van der Waals surface area contributed by atoms with Gasteiger partial charge in [0.25, 0.3) is 0 Å². The molecule has 0 bridgehead atoms. The molecule has 0 saturated heterocycles.